The lowest BCUT2D eigenvalue weighted by Gasteiger charge is -2.24. The van der Waals surface area contributed by atoms with E-state index in [1.54, 1.807) is 38.1 Å². The molecule has 2 heterocycles. The van der Waals surface area contributed by atoms with E-state index < -0.39 is 29.9 Å². The van der Waals surface area contributed by atoms with Gasteiger partial charge in [0.1, 0.15) is 12.1 Å². The molecule has 0 spiro atoms. The molecule has 30 heavy (non-hydrogen) atoms. The lowest BCUT2D eigenvalue weighted by molar-refractivity contribution is -0.140. The molecule has 5 amide bonds. The number of rotatable bonds is 8. The second kappa shape index (κ2) is 9.08. The molecule has 1 atom stereocenters. The number of carbonyl (C=O) groups is 4. The van der Waals surface area contributed by atoms with Gasteiger partial charge in [-0.05, 0) is 30.9 Å². The largest absolute Gasteiger partial charge is 0.350 e. The summed E-state index contributed by atoms with van der Waals surface area (Å²) in [6, 6.07) is 12.1. The van der Waals surface area contributed by atoms with E-state index in [2.05, 4.69) is 10.6 Å². The van der Waals surface area contributed by atoms with Crippen molar-refractivity contribution in [1.82, 2.24) is 20.4 Å². The highest BCUT2D eigenvalue weighted by molar-refractivity contribution is 7.09. The minimum atomic E-state index is -1.23. The number of carbonyl (C=O) groups excluding carboxylic acids is 4. The van der Waals surface area contributed by atoms with Crippen LogP contribution in [0.25, 0.3) is 0 Å². The Morgan fingerprint density at radius 3 is 2.53 bits per heavy atom. The number of urea groups is 1. The van der Waals surface area contributed by atoms with Crippen molar-refractivity contribution in [3.05, 3.63) is 58.3 Å². The highest BCUT2D eigenvalue weighted by Gasteiger charge is 2.49. The summed E-state index contributed by atoms with van der Waals surface area (Å²) in [6.45, 7) is 3.47. The van der Waals surface area contributed by atoms with Crippen molar-refractivity contribution in [2.24, 2.45) is 0 Å². The number of nitrogens with one attached hydrogen (secondary N) is 2. The predicted molar refractivity (Wildman–Crippen MR) is 112 cm³/mol. The molecule has 0 aliphatic carbocycles. The summed E-state index contributed by atoms with van der Waals surface area (Å²) in [5.41, 5.74) is -0.591. The molecule has 0 bridgehead atoms. The second-order valence-electron chi connectivity index (χ2n) is 7.08. The Balaban J connectivity index is 1.61. The van der Waals surface area contributed by atoms with Crippen molar-refractivity contribution < 1.29 is 19.2 Å². The van der Waals surface area contributed by atoms with Gasteiger partial charge in [0.2, 0.25) is 11.8 Å². The fourth-order valence-electron chi connectivity index (χ4n) is 3.25. The van der Waals surface area contributed by atoms with Gasteiger partial charge in [-0.25, -0.2) is 4.79 Å². The van der Waals surface area contributed by atoms with Crippen LogP contribution in [0.4, 0.5) is 4.79 Å². The maximum atomic E-state index is 12.9. The molecule has 3 rings (SSSR count). The van der Waals surface area contributed by atoms with E-state index in [1.807, 2.05) is 23.6 Å². The summed E-state index contributed by atoms with van der Waals surface area (Å²) in [7, 11) is 0. The molecule has 8 nitrogen and oxygen atoms in total. The lowest BCUT2D eigenvalue weighted by Crippen LogP contribution is -2.47. The van der Waals surface area contributed by atoms with Gasteiger partial charge in [0.15, 0.2) is 0 Å². The number of thiophene rings is 1. The van der Waals surface area contributed by atoms with E-state index >= 15 is 0 Å². The first-order valence-electron chi connectivity index (χ1n) is 9.61. The van der Waals surface area contributed by atoms with Crippen molar-refractivity contribution in [2.45, 2.75) is 25.9 Å². The minimum Gasteiger partial charge on any atom is -0.350 e. The first-order chi connectivity index (χ1) is 14.3. The molecule has 1 aromatic carbocycles. The Morgan fingerprint density at radius 1 is 1.17 bits per heavy atom. The van der Waals surface area contributed by atoms with Crippen LogP contribution in [-0.4, -0.2) is 53.2 Å². The van der Waals surface area contributed by atoms with Crippen LogP contribution in [0, 0.1) is 0 Å². The Kier molecular flexibility index (Phi) is 6.51. The fraction of sp³-hybridized carbons (Fsp3) is 0.333. The number of imide groups is 1. The molecular formula is C21H24N4O4S. The van der Waals surface area contributed by atoms with Crippen LogP contribution >= 0.6 is 11.3 Å². The van der Waals surface area contributed by atoms with Crippen molar-refractivity contribution in [3.8, 4) is 0 Å². The molecule has 0 radical (unpaired) electrons. The molecule has 1 aliphatic rings. The van der Waals surface area contributed by atoms with Crippen LogP contribution in [0.3, 0.4) is 0 Å². The minimum absolute atomic E-state index is 0.139. The summed E-state index contributed by atoms with van der Waals surface area (Å²) in [6.07, 6.45) is 0. The van der Waals surface area contributed by atoms with E-state index in [-0.39, 0.29) is 19.0 Å². The Morgan fingerprint density at radius 2 is 1.90 bits per heavy atom. The number of likely N-dealkylation sites (N-methyl/N-ethyl adjacent to an activating group) is 1. The maximum absolute atomic E-state index is 12.9. The van der Waals surface area contributed by atoms with Crippen molar-refractivity contribution in [3.63, 3.8) is 0 Å². The smallest absolute Gasteiger partial charge is 0.325 e. The molecule has 0 saturated carbocycles. The molecule has 2 N–H and O–H groups in total. The number of nitrogens with zero attached hydrogens (tertiary/aromatic N) is 2. The molecule has 1 aliphatic heterocycles. The van der Waals surface area contributed by atoms with Crippen molar-refractivity contribution >= 4 is 35.1 Å². The van der Waals surface area contributed by atoms with E-state index in [0.29, 0.717) is 12.1 Å². The number of hydrogen-bond acceptors (Lipinski definition) is 5. The van der Waals surface area contributed by atoms with Gasteiger partial charge in [-0.1, -0.05) is 36.4 Å². The van der Waals surface area contributed by atoms with Crippen LogP contribution in [0.15, 0.2) is 47.8 Å². The predicted octanol–water partition coefficient (Wildman–Crippen LogP) is 1.68. The zero-order valence-corrected chi connectivity index (χ0v) is 17.7. The Labute approximate surface area is 178 Å². The third-order valence-corrected chi connectivity index (χ3v) is 5.90. The number of benzene rings is 1. The fourth-order valence-corrected chi connectivity index (χ4v) is 3.89. The number of hydrogen-bond donors (Lipinski definition) is 2. The van der Waals surface area contributed by atoms with E-state index in [4.69, 9.17) is 0 Å². The Bertz CT molecular complexity index is 932. The average molecular weight is 429 g/mol. The maximum Gasteiger partial charge on any atom is 0.325 e. The van der Waals surface area contributed by atoms with Gasteiger partial charge in [-0.2, -0.15) is 0 Å². The molecule has 2 aromatic rings. The van der Waals surface area contributed by atoms with E-state index in [0.717, 1.165) is 9.78 Å². The molecule has 1 aromatic heterocycles. The quantitative estimate of drug-likeness (QED) is 0.625. The summed E-state index contributed by atoms with van der Waals surface area (Å²) in [5.74, 6) is -1.26. The normalized spacial score (nSPS) is 18.3. The van der Waals surface area contributed by atoms with E-state index in [1.165, 1.54) is 16.2 Å². The van der Waals surface area contributed by atoms with Gasteiger partial charge in [-0.15, -0.1) is 11.3 Å². The monoisotopic (exact) mass is 428 g/mol. The summed E-state index contributed by atoms with van der Waals surface area (Å²) in [4.78, 5) is 53.5. The van der Waals surface area contributed by atoms with Gasteiger partial charge in [0, 0.05) is 11.4 Å². The standard InChI is InChI=1S/C21H24N4O4S/c1-3-24(13-17(26)22-12-16-10-7-11-30-16)18(27)14-25-19(28)21(2,23-20(25)29)15-8-5-4-6-9-15/h4-11H,3,12-14H2,1-2H3,(H,22,26)(H,23,29). The molecule has 1 saturated heterocycles. The molecule has 158 valence electrons. The van der Waals surface area contributed by atoms with Gasteiger partial charge >= 0.3 is 6.03 Å². The summed E-state index contributed by atoms with van der Waals surface area (Å²) >= 11 is 1.53. The first kappa shape index (κ1) is 21.5. The van der Waals surface area contributed by atoms with Crippen LogP contribution in [0.1, 0.15) is 24.3 Å². The third kappa shape index (κ3) is 4.51. The van der Waals surface area contributed by atoms with Crippen molar-refractivity contribution in [1.29, 1.82) is 0 Å². The van der Waals surface area contributed by atoms with Crippen LogP contribution in [0.2, 0.25) is 0 Å². The molecule has 1 fully saturated rings. The van der Waals surface area contributed by atoms with Crippen LogP contribution < -0.4 is 10.6 Å². The SMILES string of the molecule is CCN(CC(=O)NCc1cccs1)C(=O)CN1C(=O)NC(C)(c2ccccc2)C1=O. The topological polar surface area (TPSA) is 98.8 Å². The number of amides is 5. The summed E-state index contributed by atoms with van der Waals surface area (Å²) in [5, 5.41) is 7.36. The molecular weight excluding hydrogens is 404 g/mol. The Hall–Kier alpha value is -3.20. The molecule has 1 unspecified atom stereocenters. The van der Waals surface area contributed by atoms with Crippen LogP contribution in [0.5, 0.6) is 0 Å². The third-order valence-electron chi connectivity index (χ3n) is 5.03. The van der Waals surface area contributed by atoms with E-state index in [9.17, 15) is 19.2 Å². The van der Waals surface area contributed by atoms with Crippen molar-refractivity contribution in [2.75, 3.05) is 19.6 Å². The van der Waals surface area contributed by atoms with Gasteiger partial charge in [0.25, 0.3) is 5.91 Å². The first-order valence-corrected chi connectivity index (χ1v) is 10.5. The van der Waals surface area contributed by atoms with Gasteiger partial charge in [-0.3, -0.25) is 19.3 Å². The molecule has 9 heteroatoms. The second-order valence-corrected chi connectivity index (χ2v) is 8.11. The average Bonchev–Trinajstić information content (AvgIpc) is 3.34. The zero-order valence-electron chi connectivity index (χ0n) is 16.9. The van der Waals surface area contributed by atoms with Crippen LogP contribution in [-0.2, 0) is 26.5 Å². The highest BCUT2D eigenvalue weighted by Crippen LogP contribution is 2.28. The van der Waals surface area contributed by atoms with Gasteiger partial charge < -0.3 is 15.5 Å². The summed E-state index contributed by atoms with van der Waals surface area (Å²) < 4.78 is 0. The highest BCUT2D eigenvalue weighted by atomic mass is 32.1. The lowest BCUT2D eigenvalue weighted by atomic mass is 9.92. The zero-order chi connectivity index (χ0) is 21.7. The van der Waals surface area contributed by atoms with Gasteiger partial charge in [0.05, 0.1) is 13.1 Å².